The number of nitrogens with one attached hydrogen (secondary N) is 1. The van der Waals surface area contributed by atoms with Crippen LogP contribution in [-0.2, 0) is 0 Å². The molecule has 2 unspecified atom stereocenters. The monoisotopic (exact) mass is 307 g/mol. The molecule has 2 heterocycles. The molecule has 1 aromatic carbocycles. The van der Waals surface area contributed by atoms with Gasteiger partial charge in [-0.3, -0.25) is 4.90 Å². The molecule has 0 saturated carbocycles. The highest BCUT2D eigenvalue weighted by Crippen LogP contribution is 2.32. The van der Waals surface area contributed by atoms with Crippen LogP contribution in [-0.4, -0.2) is 44.2 Å². The lowest BCUT2D eigenvalue weighted by molar-refractivity contribution is 0.260. The van der Waals surface area contributed by atoms with Crippen molar-refractivity contribution in [3.8, 4) is 0 Å². The van der Waals surface area contributed by atoms with Crippen molar-refractivity contribution in [1.82, 2.24) is 10.2 Å². The molecule has 0 aliphatic carbocycles. The van der Waals surface area contributed by atoms with Crippen LogP contribution in [0.4, 0.5) is 5.69 Å². The van der Waals surface area contributed by atoms with Crippen LogP contribution in [0.5, 0.6) is 0 Å². The van der Waals surface area contributed by atoms with Gasteiger partial charge in [-0.2, -0.15) is 0 Å². The topological polar surface area (TPSA) is 18.5 Å². The predicted octanol–water partition coefficient (Wildman–Crippen LogP) is 3.29. The maximum atomic E-state index is 6.53. The Morgan fingerprint density at radius 3 is 2.67 bits per heavy atom. The molecule has 3 rings (SSSR count). The number of benzene rings is 1. The second kappa shape index (κ2) is 6.55. The molecule has 3 nitrogen and oxygen atoms in total. The highest BCUT2D eigenvalue weighted by atomic mass is 35.5. The van der Waals surface area contributed by atoms with Crippen molar-refractivity contribution >= 4 is 17.3 Å². The molecule has 116 valence electrons. The average Bonchev–Trinajstić information content (AvgIpc) is 3.16. The Bertz CT molecular complexity index is 485. The zero-order valence-electron chi connectivity index (χ0n) is 13.1. The minimum atomic E-state index is 0.340. The molecule has 1 aromatic rings. The lowest BCUT2D eigenvalue weighted by Gasteiger charge is -2.25. The Morgan fingerprint density at radius 2 is 2.00 bits per heavy atom. The van der Waals surface area contributed by atoms with Gasteiger partial charge in [-0.1, -0.05) is 17.7 Å². The third-order valence-corrected chi connectivity index (χ3v) is 5.37. The van der Waals surface area contributed by atoms with Gasteiger partial charge in [-0.25, -0.2) is 0 Å². The van der Waals surface area contributed by atoms with Gasteiger partial charge in [0.05, 0.1) is 10.7 Å². The third kappa shape index (κ3) is 3.20. The first kappa shape index (κ1) is 15.1. The van der Waals surface area contributed by atoms with E-state index in [4.69, 9.17) is 11.6 Å². The molecular weight excluding hydrogens is 282 g/mol. The Balaban J connectivity index is 1.69. The van der Waals surface area contributed by atoms with Crippen molar-refractivity contribution in [2.24, 2.45) is 0 Å². The van der Waals surface area contributed by atoms with Crippen molar-refractivity contribution in [2.75, 3.05) is 38.1 Å². The summed E-state index contributed by atoms with van der Waals surface area (Å²) in [4.78, 5) is 5.12. The van der Waals surface area contributed by atoms with Gasteiger partial charge in [0.1, 0.15) is 0 Å². The summed E-state index contributed by atoms with van der Waals surface area (Å²) in [5, 5.41) is 4.15. The summed E-state index contributed by atoms with van der Waals surface area (Å²) in [6.45, 7) is 6.97. The molecule has 21 heavy (non-hydrogen) atoms. The van der Waals surface area contributed by atoms with E-state index in [1.54, 1.807) is 0 Å². The average molecular weight is 308 g/mol. The second-order valence-electron chi connectivity index (χ2n) is 6.35. The highest BCUT2D eigenvalue weighted by molar-refractivity contribution is 6.33. The number of likely N-dealkylation sites (tertiary alicyclic amines) is 1. The quantitative estimate of drug-likeness (QED) is 0.921. The smallest absolute Gasteiger partial charge is 0.0642 e. The van der Waals surface area contributed by atoms with Gasteiger partial charge in [0.15, 0.2) is 0 Å². The van der Waals surface area contributed by atoms with Gasteiger partial charge in [-0.15, -0.1) is 0 Å². The summed E-state index contributed by atoms with van der Waals surface area (Å²) >= 11 is 6.53. The van der Waals surface area contributed by atoms with Gasteiger partial charge in [0, 0.05) is 25.2 Å². The van der Waals surface area contributed by atoms with E-state index in [1.807, 2.05) is 7.05 Å². The zero-order chi connectivity index (χ0) is 14.8. The summed E-state index contributed by atoms with van der Waals surface area (Å²) in [7, 11) is 1.98. The Kier molecular flexibility index (Phi) is 4.72. The Hall–Kier alpha value is -0.770. The summed E-state index contributed by atoms with van der Waals surface area (Å²) in [5.41, 5.74) is 2.45. The minimum Gasteiger partial charge on any atom is -0.369 e. The fourth-order valence-electron chi connectivity index (χ4n) is 3.58. The fourth-order valence-corrected chi connectivity index (χ4v) is 3.89. The first-order valence-corrected chi connectivity index (χ1v) is 8.52. The fraction of sp³-hybridized carbons (Fsp3) is 0.647. The van der Waals surface area contributed by atoms with Crippen LogP contribution in [0.1, 0.15) is 37.8 Å². The van der Waals surface area contributed by atoms with E-state index < -0.39 is 0 Å². The molecule has 2 atom stereocenters. The Morgan fingerprint density at radius 1 is 1.24 bits per heavy atom. The maximum Gasteiger partial charge on any atom is 0.0642 e. The number of anilines is 1. The maximum absolute atomic E-state index is 6.53. The predicted molar refractivity (Wildman–Crippen MR) is 90.4 cm³/mol. The molecule has 1 N–H and O–H groups in total. The van der Waals surface area contributed by atoms with Crippen LogP contribution < -0.4 is 10.2 Å². The van der Waals surface area contributed by atoms with Gasteiger partial charge in [0.2, 0.25) is 0 Å². The van der Waals surface area contributed by atoms with Crippen molar-refractivity contribution in [3.05, 3.63) is 28.8 Å². The van der Waals surface area contributed by atoms with Crippen molar-refractivity contribution in [3.63, 3.8) is 0 Å². The number of hydrogen-bond acceptors (Lipinski definition) is 3. The molecule has 2 aliphatic rings. The summed E-state index contributed by atoms with van der Waals surface area (Å²) < 4.78 is 0. The van der Waals surface area contributed by atoms with Crippen LogP contribution in [0, 0.1) is 0 Å². The molecule has 0 bridgehead atoms. The minimum absolute atomic E-state index is 0.340. The van der Waals surface area contributed by atoms with E-state index in [2.05, 4.69) is 40.2 Å². The molecule has 0 spiro atoms. The highest BCUT2D eigenvalue weighted by Gasteiger charge is 2.30. The van der Waals surface area contributed by atoms with Crippen molar-refractivity contribution in [1.29, 1.82) is 0 Å². The zero-order valence-corrected chi connectivity index (χ0v) is 13.9. The van der Waals surface area contributed by atoms with Crippen LogP contribution in [0.15, 0.2) is 18.2 Å². The molecule has 0 radical (unpaired) electrons. The third-order valence-electron chi connectivity index (χ3n) is 5.07. The van der Waals surface area contributed by atoms with Crippen LogP contribution in [0.2, 0.25) is 5.02 Å². The second-order valence-corrected chi connectivity index (χ2v) is 6.76. The van der Waals surface area contributed by atoms with Gasteiger partial charge in [0.25, 0.3) is 0 Å². The summed E-state index contributed by atoms with van der Waals surface area (Å²) in [5.74, 6) is 0. The van der Waals surface area contributed by atoms with E-state index in [0.717, 1.165) is 24.2 Å². The Labute approximate surface area is 133 Å². The van der Waals surface area contributed by atoms with E-state index in [9.17, 15) is 0 Å². The van der Waals surface area contributed by atoms with Crippen molar-refractivity contribution in [2.45, 2.75) is 38.3 Å². The molecule has 2 fully saturated rings. The normalized spacial score (nSPS) is 24.7. The number of halogens is 1. The standard InChI is InChI=1S/C17H26ClN3/c1-13(19-2)14-5-6-17(16(18)11-14)21-10-7-15(12-21)20-8-3-4-9-20/h5-6,11,13,15,19H,3-4,7-10,12H2,1-2H3. The molecular formula is C17H26ClN3. The number of hydrogen-bond donors (Lipinski definition) is 1. The largest absolute Gasteiger partial charge is 0.369 e. The van der Waals surface area contributed by atoms with E-state index in [0.29, 0.717) is 6.04 Å². The van der Waals surface area contributed by atoms with Crippen LogP contribution >= 0.6 is 11.6 Å². The summed E-state index contributed by atoms with van der Waals surface area (Å²) in [6.07, 6.45) is 4.01. The van der Waals surface area contributed by atoms with Crippen LogP contribution in [0.25, 0.3) is 0 Å². The number of nitrogens with zero attached hydrogens (tertiary/aromatic N) is 2. The van der Waals surface area contributed by atoms with E-state index >= 15 is 0 Å². The van der Waals surface area contributed by atoms with Crippen LogP contribution in [0.3, 0.4) is 0 Å². The van der Waals surface area contributed by atoms with Crippen molar-refractivity contribution < 1.29 is 0 Å². The SMILES string of the molecule is CNC(C)c1ccc(N2CCC(N3CCCC3)C2)c(Cl)c1. The molecule has 4 heteroatoms. The summed E-state index contributed by atoms with van der Waals surface area (Å²) in [6, 6.07) is 7.57. The lowest BCUT2D eigenvalue weighted by Crippen LogP contribution is -2.35. The number of rotatable bonds is 4. The lowest BCUT2D eigenvalue weighted by atomic mass is 10.1. The molecule has 2 saturated heterocycles. The molecule has 2 aliphatic heterocycles. The van der Waals surface area contributed by atoms with Gasteiger partial charge < -0.3 is 10.2 Å². The van der Waals surface area contributed by atoms with Gasteiger partial charge >= 0.3 is 0 Å². The molecule has 0 amide bonds. The van der Waals surface area contributed by atoms with E-state index in [1.165, 1.54) is 43.6 Å². The van der Waals surface area contributed by atoms with E-state index in [-0.39, 0.29) is 0 Å². The first-order valence-electron chi connectivity index (χ1n) is 8.14. The van der Waals surface area contributed by atoms with Gasteiger partial charge in [-0.05, 0) is 64.0 Å². The first-order chi connectivity index (χ1) is 10.2. The molecule has 0 aromatic heterocycles.